The second-order valence-electron chi connectivity index (χ2n) is 6.40. The van der Waals surface area contributed by atoms with E-state index in [9.17, 15) is 4.79 Å². The maximum atomic E-state index is 12.7. The van der Waals surface area contributed by atoms with Crippen LogP contribution in [0.1, 0.15) is 47.1 Å². The second-order valence-corrected chi connectivity index (χ2v) is 6.40. The number of carbonyl (C=O) groups excluding carboxylic acids is 1. The second kappa shape index (κ2) is 7.70. The number of hydrogen-bond acceptors (Lipinski definition) is 5. The summed E-state index contributed by atoms with van der Waals surface area (Å²) in [6.07, 6.45) is 2.10. The van der Waals surface area contributed by atoms with Crippen molar-refractivity contribution in [1.82, 2.24) is 10.5 Å². The first-order valence-corrected chi connectivity index (χ1v) is 8.62. The first-order chi connectivity index (χ1) is 12.1. The molecule has 3 rings (SSSR count). The number of carbonyl (C=O) groups is 1. The number of aromatic nitrogens is 1. The van der Waals surface area contributed by atoms with Crippen molar-refractivity contribution < 1.29 is 18.8 Å². The van der Waals surface area contributed by atoms with E-state index in [-0.39, 0.29) is 18.1 Å². The van der Waals surface area contributed by atoms with Gasteiger partial charge in [-0.15, -0.1) is 0 Å². The van der Waals surface area contributed by atoms with Crippen LogP contribution in [0.4, 0.5) is 0 Å². The Morgan fingerprint density at radius 2 is 2.20 bits per heavy atom. The van der Waals surface area contributed by atoms with Gasteiger partial charge < -0.3 is 19.3 Å². The molecule has 0 radical (unpaired) electrons. The summed E-state index contributed by atoms with van der Waals surface area (Å²) in [6.45, 7) is 6.77. The minimum Gasteiger partial charge on any atom is -0.488 e. The molecule has 1 saturated heterocycles. The molecule has 2 aromatic rings. The minimum absolute atomic E-state index is 0.0365. The molecule has 134 valence electrons. The Morgan fingerprint density at radius 1 is 1.40 bits per heavy atom. The number of rotatable bonds is 6. The number of nitrogens with zero attached hydrogens (tertiary/aromatic N) is 1. The highest BCUT2D eigenvalue weighted by Crippen LogP contribution is 2.22. The van der Waals surface area contributed by atoms with Gasteiger partial charge in [0.15, 0.2) is 0 Å². The molecule has 0 aliphatic carbocycles. The Kier molecular flexibility index (Phi) is 5.38. The lowest BCUT2D eigenvalue weighted by molar-refractivity contribution is 0.0710. The van der Waals surface area contributed by atoms with Crippen molar-refractivity contribution in [2.45, 2.75) is 52.4 Å². The van der Waals surface area contributed by atoms with Crippen LogP contribution in [0, 0.1) is 13.8 Å². The van der Waals surface area contributed by atoms with E-state index in [2.05, 4.69) is 10.5 Å². The highest BCUT2D eigenvalue weighted by atomic mass is 16.5. The number of nitrogens with one attached hydrogen (secondary N) is 1. The van der Waals surface area contributed by atoms with Gasteiger partial charge in [-0.3, -0.25) is 4.79 Å². The Bertz CT molecular complexity index is 715. The number of para-hydroxylation sites is 1. The molecule has 1 fully saturated rings. The van der Waals surface area contributed by atoms with Crippen molar-refractivity contribution in [2.75, 3.05) is 6.61 Å². The number of hydrogen-bond donors (Lipinski definition) is 1. The molecule has 6 heteroatoms. The lowest BCUT2D eigenvalue weighted by Gasteiger charge is -2.20. The fraction of sp³-hybridized carbons (Fsp3) is 0.474. The van der Waals surface area contributed by atoms with Crippen molar-refractivity contribution in [3.05, 3.63) is 46.8 Å². The van der Waals surface area contributed by atoms with Crippen molar-refractivity contribution in [1.29, 1.82) is 0 Å². The van der Waals surface area contributed by atoms with E-state index in [1.54, 1.807) is 12.1 Å². The van der Waals surface area contributed by atoms with Crippen LogP contribution in [0.3, 0.4) is 0 Å². The fourth-order valence-corrected chi connectivity index (χ4v) is 3.01. The van der Waals surface area contributed by atoms with E-state index < -0.39 is 0 Å². The maximum Gasteiger partial charge on any atom is 0.255 e. The zero-order valence-corrected chi connectivity index (χ0v) is 14.9. The lowest BCUT2D eigenvalue weighted by atomic mass is 10.1. The average Bonchev–Trinajstić information content (AvgIpc) is 3.24. The molecule has 6 nitrogen and oxygen atoms in total. The van der Waals surface area contributed by atoms with Gasteiger partial charge in [-0.1, -0.05) is 17.3 Å². The lowest BCUT2D eigenvalue weighted by Crippen LogP contribution is -2.40. The van der Waals surface area contributed by atoms with Gasteiger partial charge in [-0.05, 0) is 45.7 Å². The standard InChI is InChI=1S/C19H24N2O4/c1-12-16(14(3)25-21-12)11-24-18-8-5-4-7-15(18)19(22)20-13(2)17-9-6-10-23-17/h4-5,7-8,13,17H,6,9-11H2,1-3H3,(H,20,22)/t13-,17+/m1/s1. The quantitative estimate of drug-likeness (QED) is 0.871. The maximum absolute atomic E-state index is 12.7. The van der Waals surface area contributed by atoms with Crippen LogP contribution >= 0.6 is 0 Å². The third kappa shape index (κ3) is 4.02. The number of amides is 1. The molecule has 0 spiro atoms. The SMILES string of the molecule is Cc1noc(C)c1COc1ccccc1C(=O)N[C@H](C)[C@@H]1CCCO1. The molecule has 0 saturated carbocycles. The molecule has 1 aromatic heterocycles. The van der Waals surface area contributed by atoms with Gasteiger partial charge in [0.1, 0.15) is 18.1 Å². The Morgan fingerprint density at radius 3 is 2.88 bits per heavy atom. The van der Waals surface area contributed by atoms with Crippen molar-refractivity contribution in [2.24, 2.45) is 0 Å². The van der Waals surface area contributed by atoms with Crippen molar-refractivity contribution in [3.63, 3.8) is 0 Å². The summed E-state index contributed by atoms with van der Waals surface area (Å²) < 4.78 is 16.7. The van der Waals surface area contributed by atoms with Gasteiger partial charge in [0, 0.05) is 6.61 Å². The number of aryl methyl sites for hydroxylation is 2. The van der Waals surface area contributed by atoms with Crippen LogP contribution in [0.2, 0.25) is 0 Å². The van der Waals surface area contributed by atoms with E-state index in [1.165, 1.54) is 0 Å². The van der Waals surface area contributed by atoms with Gasteiger partial charge in [-0.25, -0.2) is 0 Å². The van der Waals surface area contributed by atoms with Crippen LogP contribution in [-0.4, -0.2) is 29.8 Å². The molecule has 0 unspecified atom stereocenters. The summed E-state index contributed by atoms with van der Waals surface area (Å²) in [5, 5.41) is 6.94. The molecule has 1 N–H and O–H groups in total. The van der Waals surface area contributed by atoms with Crippen LogP contribution < -0.4 is 10.1 Å². The molecule has 1 amide bonds. The first kappa shape index (κ1) is 17.5. The highest BCUT2D eigenvalue weighted by molar-refractivity contribution is 5.97. The van der Waals surface area contributed by atoms with E-state index in [1.807, 2.05) is 32.9 Å². The van der Waals surface area contributed by atoms with Crippen LogP contribution in [0.5, 0.6) is 5.75 Å². The molecule has 1 aliphatic rings. The summed E-state index contributed by atoms with van der Waals surface area (Å²) in [6, 6.07) is 7.20. The topological polar surface area (TPSA) is 73.6 Å². The van der Waals surface area contributed by atoms with Crippen molar-refractivity contribution in [3.8, 4) is 5.75 Å². The smallest absolute Gasteiger partial charge is 0.255 e. The molecule has 1 aliphatic heterocycles. The van der Waals surface area contributed by atoms with Crippen molar-refractivity contribution >= 4 is 5.91 Å². The van der Waals surface area contributed by atoms with Crippen LogP contribution in [-0.2, 0) is 11.3 Å². The Labute approximate surface area is 147 Å². The highest BCUT2D eigenvalue weighted by Gasteiger charge is 2.25. The average molecular weight is 344 g/mol. The molecular formula is C19H24N2O4. The van der Waals surface area contributed by atoms with E-state index in [4.69, 9.17) is 14.0 Å². The summed E-state index contributed by atoms with van der Waals surface area (Å²) in [7, 11) is 0. The predicted molar refractivity (Wildman–Crippen MR) is 92.7 cm³/mol. The van der Waals surface area contributed by atoms with Gasteiger partial charge in [-0.2, -0.15) is 0 Å². The first-order valence-electron chi connectivity index (χ1n) is 8.62. The van der Waals surface area contributed by atoms with Gasteiger partial charge in [0.25, 0.3) is 5.91 Å². The van der Waals surface area contributed by atoms with Crippen LogP contribution in [0.15, 0.2) is 28.8 Å². The number of benzene rings is 1. The summed E-state index contributed by atoms with van der Waals surface area (Å²) in [5.74, 6) is 1.11. The Balaban J connectivity index is 1.68. The molecule has 1 aromatic carbocycles. The third-order valence-electron chi connectivity index (χ3n) is 4.57. The third-order valence-corrected chi connectivity index (χ3v) is 4.57. The summed E-state index contributed by atoms with van der Waals surface area (Å²) in [4.78, 5) is 12.7. The molecule has 2 atom stereocenters. The van der Waals surface area contributed by atoms with Crippen LogP contribution in [0.25, 0.3) is 0 Å². The zero-order valence-electron chi connectivity index (χ0n) is 14.9. The Hall–Kier alpha value is -2.34. The minimum atomic E-state index is -0.155. The van der Waals surface area contributed by atoms with Gasteiger partial charge >= 0.3 is 0 Å². The monoisotopic (exact) mass is 344 g/mol. The fourth-order valence-electron chi connectivity index (χ4n) is 3.01. The summed E-state index contributed by atoms with van der Waals surface area (Å²) in [5.41, 5.74) is 2.22. The molecule has 2 heterocycles. The summed E-state index contributed by atoms with van der Waals surface area (Å²) >= 11 is 0. The van der Waals surface area contributed by atoms with E-state index in [0.717, 1.165) is 36.5 Å². The normalized spacial score (nSPS) is 18.1. The molecule has 0 bridgehead atoms. The molecule has 25 heavy (non-hydrogen) atoms. The number of ether oxygens (including phenoxy) is 2. The van der Waals surface area contributed by atoms with Gasteiger partial charge in [0.05, 0.1) is 29.0 Å². The zero-order chi connectivity index (χ0) is 17.8. The van der Waals surface area contributed by atoms with E-state index >= 15 is 0 Å². The largest absolute Gasteiger partial charge is 0.488 e. The predicted octanol–water partition coefficient (Wildman–Crippen LogP) is 3.17. The van der Waals surface area contributed by atoms with E-state index in [0.29, 0.717) is 17.9 Å². The molecular weight excluding hydrogens is 320 g/mol. The van der Waals surface area contributed by atoms with Gasteiger partial charge in [0.2, 0.25) is 0 Å².